The van der Waals surface area contributed by atoms with Crippen molar-refractivity contribution in [3.8, 4) is 0 Å². The number of nitrogens with zero attached hydrogens (tertiary/aromatic N) is 5. The second kappa shape index (κ2) is 7.22. The second-order valence-electron chi connectivity index (χ2n) is 6.86. The van der Waals surface area contributed by atoms with Gasteiger partial charge in [-0.15, -0.1) is 0 Å². The SMILES string of the molecule is Cc1nn(CC(=O)NCc2cncn2C2CC2)c(=O)n1Cc1ccccc1. The molecule has 3 aromatic rings. The Kier molecular flexibility index (Phi) is 4.62. The van der Waals surface area contributed by atoms with Crippen LogP contribution in [-0.2, 0) is 24.4 Å². The highest BCUT2D eigenvalue weighted by molar-refractivity contribution is 5.75. The Labute approximate surface area is 156 Å². The van der Waals surface area contributed by atoms with E-state index in [4.69, 9.17) is 0 Å². The van der Waals surface area contributed by atoms with E-state index in [1.165, 1.54) is 4.68 Å². The molecular formula is C19H22N6O2. The second-order valence-corrected chi connectivity index (χ2v) is 6.86. The molecule has 0 atom stereocenters. The number of aryl methyl sites for hydroxylation is 1. The molecule has 140 valence electrons. The number of hydrogen-bond donors (Lipinski definition) is 1. The summed E-state index contributed by atoms with van der Waals surface area (Å²) in [5, 5.41) is 7.09. The van der Waals surface area contributed by atoms with E-state index >= 15 is 0 Å². The first kappa shape index (κ1) is 17.3. The quantitative estimate of drug-likeness (QED) is 0.682. The van der Waals surface area contributed by atoms with Crippen molar-refractivity contribution in [2.75, 3.05) is 0 Å². The van der Waals surface area contributed by atoms with E-state index < -0.39 is 0 Å². The lowest BCUT2D eigenvalue weighted by Crippen LogP contribution is -2.34. The molecule has 1 aliphatic rings. The van der Waals surface area contributed by atoms with E-state index in [2.05, 4.69) is 20.0 Å². The summed E-state index contributed by atoms with van der Waals surface area (Å²) in [4.78, 5) is 29.0. The molecule has 0 aliphatic heterocycles. The van der Waals surface area contributed by atoms with Crippen LogP contribution in [0.25, 0.3) is 0 Å². The maximum Gasteiger partial charge on any atom is 0.346 e. The first-order valence-corrected chi connectivity index (χ1v) is 9.07. The summed E-state index contributed by atoms with van der Waals surface area (Å²) in [6.45, 7) is 2.51. The van der Waals surface area contributed by atoms with Crippen LogP contribution in [0.5, 0.6) is 0 Å². The maximum absolute atomic E-state index is 12.6. The van der Waals surface area contributed by atoms with Crippen LogP contribution >= 0.6 is 0 Å². The van der Waals surface area contributed by atoms with Crippen LogP contribution < -0.4 is 11.0 Å². The van der Waals surface area contributed by atoms with Crippen LogP contribution in [0.3, 0.4) is 0 Å². The van der Waals surface area contributed by atoms with Crippen molar-refractivity contribution in [1.82, 2.24) is 29.2 Å². The fourth-order valence-corrected chi connectivity index (χ4v) is 3.13. The predicted octanol–water partition coefficient (Wildman–Crippen LogP) is 1.25. The van der Waals surface area contributed by atoms with Crippen LogP contribution in [0.15, 0.2) is 47.7 Å². The average molecular weight is 366 g/mol. The first-order chi connectivity index (χ1) is 13.1. The molecule has 0 spiro atoms. The van der Waals surface area contributed by atoms with Crippen LogP contribution in [-0.4, -0.2) is 29.8 Å². The first-order valence-electron chi connectivity index (χ1n) is 9.07. The summed E-state index contributed by atoms with van der Waals surface area (Å²) in [5.41, 5.74) is 1.71. The standard InChI is InChI=1S/C19H22N6O2/c1-14-22-25(19(27)23(14)11-15-5-3-2-4-6-15)12-18(26)21-10-17-9-20-13-24(17)16-7-8-16/h2-6,9,13,16H,7-8,10-12H2,1H3,(H,21,26). The molecule has 8 nitrogen and oxygen atoms in total. The number of imidazole rings is 1. The molecular weight excluding hydrogens is 344 g/mol. The zero-order valence-electron chi connectivity index (χ0n) is 15.2. The molecule has 1 fully saturated rings. The van der Waals surface area contributed by atoms with Gasteiger partial charge in [0.25, 0.3) is 0 Å². The summed E-state index contributed by atoms with van der Waals surface area (Å²) in [6.07, 6.45) is 5.89. The number of carbonyl (C=O) groups excluding carboxylic acids is 1. The van der Waals surface area contributed by atoms with Crippen molar-refractivity contribution in [3.05, 3.63) is 70.4 Å². The minimum atomic E-state index is -0.283. The molecule has 0 unspecified atom stereocenters. The lowest BCUT2D eigenvalue weighted by atomic mass is 10.2. The molecule has 27 heavy (non-hydrogen) atoms. The van der Waals surface area contributed by atoms with Crippen molar-refractivity contribution < 1.29 is 4.79 Å². The number of hydrogen-bond acceptors (Lipinski definition) is 4. The van der Waals surface area contributed by atoms with E-state index in [-0.39, 0.29) is 18.1 Å². The van der Waals surface area contributed by atoms with Crippen molar-refractivity contribution in [3.63, 3.8) is 0 Å². The Morgan fingerprint density at radius 3 is 2.78 bits per heavy atom. The smallest absolute Gasteiger partial charge is 0.346 e. The highest BCUT2D eigenvalue weighted by Gasteiger charge is 2.25. The normalized spacial score (nSPS) is 13.7. The number of rotatable bonds is 7. The average Bonchev–Trinajstić information content (AvgIpc) is 3.35. The van der Waals surface area contributed by atoms with Crippen LogP contribution in [0.4, 0.5) is 0 Å². The van der Waals surface area contributed by atoms with Crippen molar-refractivity contribution in [2.24, 2.45) is 0 Å². The molecule has 1 aliphatic carbocycles. The topological polar surface area (TPSA) is 86.7 Å². The molecule has 1 aromatic carbocycles. The Balaban J connectivity index is 1.40. The van der Waals surface area contributed by atoms with Gasteiger partial charge in [-0.1, -0.05) is 30.3 Å². The fraction of sp³-hybridized carbons (Fsp3) is 0.368. The largest absolute Gasteiger partial charge is 0.349 e. The third-order valence-electron chi connectivity index (χ3n) is 4.74. The molecule has 4 rings (SSSR count). The van der Waals surface area contributed by atoms with Crippen LogP contribution in [0, 0.1) is 6.92 Å². The van der Waals surface area contributed by atoms with Gasteiger partial charge in [0.2, 0.25) is 5.91 Å². The summed E-state index contributed by atoms with van der Waals surface area (Å²) in [5.74, 6) is 0.341. The van der Waals surface area contributed by atoms with Gasteiger partial charge in [0.1, 0.15) is 12.4 Å². The molecule has 1 amide bonds. The highest BCUT2D eigenvalue weighted by Crippen LogP contribution is 2.35. The summed E-state index contributed by atoms with van der Waals surface area (Å²) >= 11 is 0. The number of nitrogens with one attached hydrogen (secondary N) is 1. The van der Waals surface area contributed by atoms with Crippen molar-refractivity contribution in [2.45, 2.75) is 45.4 Å². The molecule has 0 bridgehead atoms. The maximum atomic E-state index is 12.6. The van der Waals surface area contributed by atoms with E-state index in [1.807, 2.05) is 30.3 Å². The van der Waals surface area contributed by atoms with Gasteiger partial charge in [0.15, 0.2) is 0 Å². The zero-order chi connectivity index (χ0) is 18.8. The van der Waals surface area contributed by atoms with Crippen LogP contribution in [0.1, 0.15) is 36.0 Å². The summed E-state index contributed by atoms with van der Waals surface area (Å²) in [7, 11) is 0. The monoisotopic (exact) mass is 366 g/mol. The van der Waals surface area contributed by atoms with Crippen LogP contribution in [0.2, 0.25) is 0 Å². The Morgan fingerprint density at radius 1 is 1.26 bits per heavy atom. The molecule has 1 saturated carbocycles. The fourth-order valence-electron chi connectivity index (χ4n) is 3.13. The molecule has 2 heterocycles. The molecule has 0 saturated heterocycles. The lowest BCUT2D eigenvalue weighted by Gasteiger charge is -2.08. The highest BCUT2D eigenvalue weighted by atomic mass is 16.2. The third kappa shape index (κ3) is 3.84. The molecule has 0 radical (unpaired) electrons. The van der Waals surface area contributed by atoms with Gasteiger partial charge in [0.05, 0.1) is 25.1 Å². The van der Waals surface area contributed by atoms with Gasteiger partial charge >= 0.3 is 5.69 Å². The Bertz CT molecular complexity index is 997. The summed E-state index contributed by atoms with van der Waals surface area (Å²) in [6, 6.07) is 10.2. The molecule has 2 aromatic heterocycles. The third-order valence-corrected chi connectivity index (χ3v) is 4.74. The van der Waals surface area contributed by atoms with E-state index in [9.17, 15) is 9.59 Å². The van der Waals surface area contributed by atoms with Crippen molar-refractivity contribution >= 4 is 5.91 Å². The van der Waals surface area contributed by atoms with E-state index in [1.54, 1.807) is 24.0 Å². The minimum Gasteiger partial charge on any atom is -0.349 e. The zero-order valence-corrected chi connectivity index (χ0v) is 15.2. The minimum absolute atomic E-state index is 0.0982. The van der Waals surface area contributed by atoms with Gasteiger partial charge in [-0.3, -0.25) is 9.36 Å². The van der Waals surface area contributed by atoms with E-state index in [0.717, 1.165) is 24.1 Å². The van der Waals surface area contributed by atoms with Gasteiger partial charge in [-0.25, -0.2) is 14.5 Å². The summed E-state index contributed by atoms with van der Waals surface area (Å²) < 4.78 is 4.89. The van der Waals surface area contributed by atoms with E-state index in [0.29, 0.717) is 25.0 Å². The van der Waals surface area contributed by atoms with Gasteiger partial charge in [-0.2, -0.15) is 5.10 Å². The number of benzene rings is 1. The Hall–Kier alpha value is -3.16. The predicted molar refractivity (Wildman–Crippen MR) is 99.1 cm³/mol. The molecule has 1 N–H and O–H groups in total. The Morgan fingerprint density at radius 2 is 2.04 bits per heavy atom. The van der Waals surface area contributed by atoms with Crippen molar-refractivity contribution in [1.29, 1.82) is 0 Å². The van der Waals surface area contributed by atoms with Gasteiger partial charge in [-0.05, 0) is 25.3 Å². The van der Waals surface area contributed by atoms with Gasteiger partial charge in [0, 0.05) is 12.2 Å². The number of amides is 1. The number of carbonyl (C=O) groups is 1. The number of aromatic nitrogens is 5. The lowest BCUT2D eigenvalue weighted by molar-refractivity contribution is -0.122. The molecule has 8 heteroatoms. The van der Waals surface area contributed by atoms with Gasteiger partial charge < -0.3 is 9.88 Å².